The van der Waals surface area contributed by atoms with E-state index in [0.717, 1.165) is 11.3 Å². The van der Waals surface area contributed by atoms with Crippen molar-refractivity contribution in [3.63, 3.8) is 0 Å². The van der Waals surface area contributed by atoms with Crippen LogP contribution in [0.3, 0.4) is 0 Å². The number of benzene rings is 1. The summed E-state index contributed by atoms with van der Waals surface area (Å²) in [6.45, 7) is 3.75. The molecule has 1 N–H and O–H groups in total. The van der Waals surface area contributed by atoms with Gasteiger partial charge in [0.25, 0.3) is 0 Å². The number of hydrogen-bond acceptors (Lipinski definition) is 3. The number of carboxylic acid groups (broad SMARTS) is 1. The van der Waals surface area contributed by atoms with E-state index < -0.39 is 5.97 Å². The van der Waals surface area contributed by atoms with Crippen molar-refractivity contribution in [2.75, 3.05) is 0 Å². The number of aromatic carboxylic acids is 1. The number of hydrogen-bond donors (Lipinski definition) is 1. The fraction of sp³-hybridized carbons (Fsp3) is 0.143. The maximum Gasteiger partial charge on any atom is 0.335 e. The number of carbonyl (C=O) groups is 1. The van der Waals surface area contributed by atoms with Crippen molar-refractivity contribution in [2.24, 2.45) is 0 Å². The van der Waals surface area contributed by atoms with Gasteiger partial charge < -0.3 is 9.84 Å². The molecule has 0 bridgehead atoms. The number of nitrogens with zero attached hydrogens (tertiary/aromatic N) is 1. The first kappa shape index (κ1) is 12.1. The van der Waals surface area contributed by atoms with E-state index in [2.05, 4.69) is 4.98 Å². The Morgan fingerprint density at radius 1 is 1.22 bits per heavy atom. The van der Waals surface area contributed by atoms with Gasteiger partial charge in [0.15, 0.2) is 0 Å². The van der Waals surface area contributed by atoms with E-state index in [9.17, 15) is 4.79 Å². The van der Waals surface area contributed by atoms with Gasteiger partial charge in [-0.15, -0.1) is 0 Å². The van der Waals surface area contributed by atoms with Crippen molar-refractivity contribution >= 4 is 5.97 Å². The zero-order valence-electron chi connectivity index (χ0n) is 10.2. The lowest BCUT2D eigenvalue weighted by molar-refractivity contribution is 0.0696. The second-order valence-electron chi connectivity index (χ2n) is 4.02. The molecular weight excluding hydrogens is 230 g/mol. The standard InChI is InChI=1S/C14H13NO3/c1-9-3-5-11(14(16)17)7-13(9)18-12-6-4-10(2)15-8-12/h3-8H,1-2H3,(H,16,17). The van der Waals surface area contributed by atoms with Gasteiger partial charge >= 0.3 is 5.97 Å². The topological polar surface area (TPSA) is 59.4 Å². The minimum absolute atomic E-state index is 0.204. The van der Waals surface area contributed by atoms with Crippen molar-refractivity contribution in [1.82, 2.24) is 4.98 Å². The smallest absolute Gasteiger partial charge is 0.335 e. The summed E-state index contributed by atoms with van der Waals surface area (Å²) in [4.78, 5) is 15.0. The molecule has 92 valence electrons. The van der Waals surface area contributed by atoms with Gasteiger partial charge in [-0.1, -0.05) is 6.07 Å². The first-order chi connectivity index (χ1) is 8.56. The third kappa shape index (κ3) is 2.66. The maximum atomic E-state index is 10.9. The molecule has 4 heteroatoms. The summed E-state index contributed by atoms with van der Waals surface area (Å²) >= 11 is 0. The Morgan fingerprint density at radius 3 is 2.61 bits per heavy atom. The minimum atomic E-state index is -0.970. The van der Waals surface area contributed by atoms with Gasteiger partial charge in [-0.3, -0.25) is 4.98 Å². The summed E-state index contributed by atoms with van der Waals surface area (Å²) in [5, 5.41) is 8.93. The van der Waals surface area contributed by atoms with Crippen LogP contribution in [0.2, 0.25) is 0 Å². The van der Waals surface area contributed by atoms with E-state index in [1.807, 2.05) is 19.9 Å². The first-order valence-corrected chi connectivity index (χ1v) is 5.51. The van der Waals surface area contributed by atoms with Crippen LogP contribution in [0.25, 0.3) is 0 Å². The van der Waals surface area contributed by atoms with Gasteiger partial charge in [0.05, 0.1) is 11.8 Å². The van der Waals surface area contributed by atoms with Crippen LogP contribution in [0.4, 0.5) is 0 Å². The molecule has 0 saturated heterocycles. The molecule has 0 radical (unpaired) electrons. The van der Waals surface area contributed by atoms with Crippen LogP contribution in [0.5, 0.6) is 11.5 Å². The number of ether oxygens (including phenoxy) is 1. The molecule has 0 fully saturated rings. The molecule has 0 aliphatic carbocycles. The third-order valence-corrected chi connectivity index (χ3v) is 2.55. The highest BCUT2D eigenvalue weighted by atomic mass is 16.5. The molecule has 0 unspecified atom stereocenters. The molecule has 1 aromatic heterocycles. The van der Waals surface area contributed by atoms with Crippen molar-refractivity contribution in [3.05, 3.63) is 53.3 Å². The number of pyridine rings is 1. The van der Waals surface area contributed by atoms with Crippen LogP contribution in [0, 0.1) is 13.8 Å². The largest absolute Gasteiger partial charge is 0.478 e. The van der Waals surface area contributed by atoms with Crippen LogP contribution < -0.4 is 4.74 Å². The Hall–Kier alpha value is -2.36. The highest BCUT2D eigenvalue weighted by Crippen LogP contribution is 2.25. The van der Waals surface area contributed by atoms with Crippen molar-refractivity contribution in [1.29, 1.82) is 0 Å². The molecule has 2 aromatic rings. The van der Waals surface area contributed by atoms with E-state index >= 15 is 0 Å². The second kappa shape index (κ2) is 4.87. The van der Waals surface area contributed by atoms with E-state index in [-0.39, 0.29) is 5.56 Å². The quantitative estimate of drug-likeness (QED) is 0.899. The Kier molecular flexibility index (Phi) is 3.28. The lowest BCUT2D eigenvalue weighted by Gasteiger charge is -2.09. The fourth-order valence-corrected chi connectivity index (χ4v) is 1.48. The molecule has 0 aliphatic rings. The molecule has 18 heavy (non-hydrogen) atoms. The molecule has 0 atom stereocenters. The summed E-state index contributed by atoms with van der Waals surface area (Å²) in [5.41, 5.74) is 1.98. The normalized spacial score (nSPS) is 10.1. The maximum absolute atomic E-state index is 10.9. The van der Waals surface area contributed by atoms with Crippen molar-refractivity contribution < 1.29 is 14.6 Å². The third-order valence-electron chi connectivity index (χ3n) is 2.55. The molecule has 0 aliphatic heterocycles. The summed E-state index contributed by atoms with van der Waals surface area (Å²) in [5.74, 6) is 0.147. The summed E-state index contributed by atoms with van der Waals surface area (Å²) in [7, 11) is 0. The van der Waals surface area contributed by atoms with Gasteiger partial charge in [0, 0.05) is 5.69 Å². The van der Waals surface area contributed by atoms with Gasteiger partial charge in [-0.25, -0.2) is 4.79 Å². The van der Waals surface area contributed by atoms with Crippen LogP contribution in [-0.4, -0.2) is 16.1 Å². The zero-order chi connectivity index (χ0) is 13.1. The van der Waals surface area contributed by atoms with E-state index in [4.69, 9.17) is 9.84 Å². The SMILES string of the molecule is Cc1ccc(Oc2cc(C(=O)O)ccc2C)cn1. The Balaban J connectivity index is 2.30. The predicted octanol–water partition coefficient (Wildman–Crippen LogP) is 3.19. The highest BCUT2D eigenvalue weighted by molar-refractivity contribution is 5.88. The van der Waals surface area contributed by atoms with Crippen LogP contribution in [0.1, 0.15) is 21.6 Å². The molecule has 1 aromatic carbocycles. The second-order valence-corrected chi connectivity index (χ2v) is 4.02. The number of aromatic nitrogens is 1. The fourth-order valence-electron chi connectivity index (χ4n) is 1.48. The molecule has 0 saturated carbocycles. The lowest BCUT2D eigenvalue weighted by atomic mass is 10.1. The van der Waals surface area contributed by atoms with Crippen molar-refractivity contribution in [2.45, 2.75) is 13.8 Å². The molecule has 0 spiro atoms. The number of aryl methyl sites for hydroxylation is 2. The monoisotopic (exact) mass is 243 g/mol. The minimum Gasteiger partial charge on any atom is -0.478 e. The van der Waals surface area contributed by atoms with E-state index in [0.29, 0.717) is 11.5 Å². The van der Waals surface area contributed by atoms with Crippen LogP contribution >= 0.6 is 0 Å². The van der Waals surface area contributed by atoms with Crippen molar-refractivity contribution in [3.8, 4) is 11.5 Å². The van der Waals surface area contributed by atoms with Gasteiger partial charge in [-0.2, -0.15) is 0 Å². The Bertz CT molecular complexity index is 576. The number of rotatable bonds is 3. The van der Waals surface area contributed by atoms with Crippen LogP contribution in [0.15, 0.2) is 36.5 Å². The first-order valence-electron chi connectivity index (χ1n) is 5.51. The highest BCUT2D eigenvalue weighted by Gasteiger charge is 2.08. The molecule has 4 nitrogen and oxygen atoms in total. The zero-order valence-corrected chi connectivity index (χ0v) is 10.2. The summed E-state index contributed by atoms with van der Waals surface area (Å²) < 4.78 is 5.63. The molecule has 0 amide bonds. The van der Waals surface area contributed by atoms with Gasteiger partial charge in [-0.05, 0) is 43.7 Å². The van der Waals surface area contributed by atoms with Crippen LogP contribution in [-0.2, 0) is 0 Å². The lowest BCUT2D eigenvalue weighted by Crippen LogP contribution is -1.97. The average Bonchev–Trinajstić information content (AvgIpc) is 2.34. The van der Waals surface area contributed by atoms with Gasteiger partial charge in [0.1, 0.15) is 11.5 Å². The average molecular weight is 243 g/mol. The summed E-state index contributed by atoms with van der Waals surface area (Å²) in [6.07, 6.45) is 1.61. The Morgan fingerprint density at radius 2 is 2.00 bits per heavy atom. The number of carboxylic acids is 1. The van der Waals surface area contributed by atoms with Gasteiger partial charge in [0.2, 0.25) is 0 Å². The Labute approximate surface area is 105 Å². The molecule has 2 rings (SSSR count). The predicted molar refractivity (Wildman–Crippen MR) is 67.2 cm³/mol. The molecule has 1 heterocycles. The van der Waals surface area contributed by atoms with E-state index in [1.54, 1.807) is 24.4 Å². The van der Waals surface area contributed by atoms with E-state index in [1.165, 1.54) is 6.07 Å². The molecular formula is C14H13NO3. The summed E-state index contributed by atoms with van der Waals surface area (Å²) in [6, 6.07) is 8.43.